The lowest BCUT2D eigenvalue weighted by Gasteiger charge is -1.97. The molecule has 1 saturated heterocycles. The molecule has 9 heteroatoms. The van der Waals surface area contributed by atoms with E-state index < -0.39 is 22.9 Å². The fourth-order valence-electron chi connectivity index (χ4n) is 1.49. The van der Waals surface area contributed by atoms with Gasteiger partial charge < -0.3 is 10.4 Å². The van der Waals surface area contributed by atoms with E-state index in [-0.39, 0.29) is 11.6 Å². The molecule has 1 aromatic carbocycles. The SMILES string of the molecule is O=C(O)CC1SC(=NN=Cc2ccc(Br)c(F)c2)NC1=O. The molecule has 1 fully saturated rings. The van der Waals surface area contributed by atoms with E-state index in [0.29, 0.717) is 10.0 Å². The van der Waals surface area contributed by atoms with Gasteiger partial charge in [0.1, 0.15) is 11.1 Å². The molecule has 1 heterocycles. The minimum Gasteiger partial charge on any atom is -0.481 e. The molecule has 1 unspecified atom stereocenters. The number of carbonyl (C=O) groups is 2. The standard InChI is InChI=1S/C12H9BrFN3O3S/c13-7-2-1-6(3-8(7)14)5-15-17-12-16-11(20)9(21-12)4-10(18)19/h1-3,5,9H,4H2,(H,18,19)(H,16,17,20). The van der Waals surface area contributed by atoms with Crippen LogP contribution in [0.4, 0.5) is 4.39 Å². The molecule has 0 spiro atoms. The third-order valence-corrected chi connectivity index (χ3v) is 4.15. The zero-order chi connectivity index (χ0) is 15.4. The lowest BCUT2D eigenvalue weighted by atomic mass is 10.2. The maximum atomic E-state index is 13.3. The number of aliphatic carboxylic acids is 1. The minimum absolute atomic E-state index is 0.222. The van der Waals surface area contributed by atoms with Gasteiger partial charge in [0.15, 0.2) is 5.17 Å². The molecule has 0 bridgehead atoms. The molecule has 1 amide bonds. The number of amides is 1. The first-order valence-electron chi connectivity index (χ1n) is 5.71. The van der Waals surface area contributed by atoms with E-state index >= 15 is 0 Å². The Hall–Kier alpha value is -1.74. The predicted octanol–water partition coefficient (Wildman–Crippen LogP) is 1.98. The number of carboxylic acids is 1. The lowest BCUT2D eigenvalue weighted by molar-refractivity contribution is -0.138. The summed E-state index contributed by atoms with van der Waals surface area (Å²) in [7, 11) is 0. The van der Waals surface area contributed by atoms with Gasteiger partial charge in [-0.3, -0.25) is 9.59 Å². The third-order valence-electron chi connectivity index (χ3n) is 2.44. The number of hydrogen-bond donors (Lipinski definition) is 2. The van der Waals surface area contributed by atoms with Crippen LogP contribution < -0.4 is 5.32 Å². The first-order chi connectivity index (χ1) is 9.95. The Labute approximate surface area is 131 Å². The average molecular weight is 374 g/mol. The predicted molar refractivity (Wildman–Crippen MR) is 80.9 cm³/mol. The smallest absolute Gasteiger partial charge is 0.305 e. The molecular formula is C12H9BrFN3O3S. The van der Waals surface area contributed by atoms with Crippen LogP contribution in [0.2, 0.25) is 0 Å². The van der Waals surface area contributed by atoms with Gasteiger partial charge in [0.05, 0.1) is 17.1 Å². The Balaban J connectivity index is 2.01. The van der Waals surface area contributed by atoms with Crippen LogP contribution in [0, 0.1) is 5.82 Å². The summed E-state index contributed by atoms with van der Waals surface area (Å²) in [4.78, 5) is 22.0. The van der Waals surface area contributed by atoms with Crippen LogP contribution in [0.15, 0.2) is 32.9 Å². The normalized spacial score (nSPS) is 20.2. The van der Waals surface area contributed by atoms with Crippen LogP contribution >= 0.6 is 27.7 Å². The van der Waals surface area contributed by atoms with Crippen molar-refractivity contribution in [2.45, 2.75) is 11.7 Å². The van der Waals surface area contributed by atoms with E-state index in [2.05, 4.69) is 31.4 Å². The van der Waals surface area contributed by atoms with E-state index in [1.54, 1.807) is 12.1 Å². The van der Waals surface area contributed by atoms with Crippen molar-refractivity contribution < 1.29 is 19.1 Å². The molecule has 6 nitrogen and oxygen atoms in total. The molecule has 110 valence electrons. The molecular weight excluding hydrogens is 365 g/mol. The second-order valence-electron chi connectivity index (χ2n) is 4.02. The van der Waals surface area contributed by atoms with Crippen molar-refractivity contribution in [3.8, 4) is 0 Å². The Morgan fingerprint density at radius 3 is 3.00 bits per heavy atom. The molecule has 0 aliphatic carbocycles. The van der Waals surface area contributed by atoms with Gasteiger partial charge in [0.25, 0.3) is 0 Å². The maximum absolute atomic E-state index is 13.3. The number of halogens is 2. The van der Waals surface area contributed by atoms with Gasteiger partial charge in [0.2, 0.25) is 5.91 Å². The van der Waals surface area contributed by atoms with Gasteiger partial charge in [-0.05, 0) is 33.6 Å². The van der Waals surface area contributed by atoms with E-state index in [1.165, 1.54) is 12.3 Å². The summed E-state index contributed by atoms with van der Waals surface area (Å²) >= 11 is 4.04. The summed E-state index contributed by atoms with van der Waals surface area (Å²) in [5.41, 5.74) is 0.511. The molecule has 0 aromatic heterocycles. The van der Waals surface area contributed by atoms with E-state index in [0.717, 1.165) is 11.8 Å². The van der Waals surface area contributed by atoms with Gasteiger partial charge in [-0.1, -0.05) is 17.8 Å². The maximum Gasteiger partial charge on any atom is 0.305 e. The van der Waals surface area contributed by atoms with Crippen molar-refractivity contribution in [3.05, 3.63) is 34.1 Å². The first kappa shape index (κ1) is 15.6. The highest BCUT2D eigenvalue weighted by Gasteiger charge is 2.32. The second-order valence-corrected chi connectivity index (χ2v) is 6.06. The number of nitrogens with zero attached hydrogens (tertiary/aromatic N) is 2. The summed E-state index contributed by atoms with van der Waals surface area (Å²) in [5.74, 6) is -1.89. The average Bonchev–Trinajstić information content (AvgIpc) is 2.73. The molecule has 2 N–H and O–H groups in total. The van der Waals surface area contributed by atoms with Crippen LogP contribution in [0.1, 0.15) is 12.0 Å². The number of rotatable bonds is 4. The molecule has 0 radical (unpaired) electrons. The second kappa shape index (κ2) is 6.81. The summed E-state index contributed by atoms with van der Waals surface area (Å²) in [6.07, 6.45) is 1.05. The number of hydrogen-bond acceptors (Lipinski definition) is 5. The molecule has 21 heavy (non-hydrogen) atoms. The monoisotopic (exact) mass is 373 g/mol. The highest BCUT2D eigenvalue weighted by molar-refractivity contribution is 9.10. The number of thioether (sulfide) groups is 1. The largest absolute Gasteiger partial charge is 0.481 e. The highest BCUT2D eigenvalue weighted by atomic mass is 79.9. The van der Waals surface area contributed by atoms with E-state index in [9.17, 15) is 14.0 Å². The Morgan fingerprint density at radius 2 is 2.33 bits per heavy atom. The van der Waals surface area contributed by atoms with E-state index in [1.807, 2.05) is 0 Å². The molecule has 1 aliphatic rings. The summed E-state index contributed by atoms with van der Waals surface area (Å²) in [6, 6.07) is 4.46. The van der Waals surface area contributed by atoms with Gasteiger partial charge in [-0.15, -0.1) is 5.10 Å². The van der Waals surface area contributed by atoms with Crippen molar-refractivity contribution in [1.82, 2.24) is 5.32 Å². The molecule has 1 aliphatic heterocycles. The highest BCUT2D eigenvalue weighted by Crippen LogP contribution is 2.22. The van der Waals surface area contributed by atoms with Crippen molar-refractivity contribution in [3.63, 3.8) is 0 Å². The van der Waals surface area contributed by atoms with E-state index in [4.69, 9.17) is 5.11 Å². The fourth-order valence-corrected chi connectivity index (χ4v) is 2.65. The summed E-state index contributed by atoms with van der Waals surface area (Å²) in [5, 5.41) is 18.1. The van der Waals surface area contributed by atoms with Crippen molar-refractivity contribution in [1.29, 1.82) is 0 Å². The van der Waals surface area contributed by atoms with Gasteiger partial charge in [0, 0.05) is 0 Å². The number of nitrogens with one attached hydrogen (secondary N) is 1. The van der Waals surface area contributed by atoms with Crippen LogP contribution in [-0.4, -0.2) is 33.6 Å². The topological polar surface area (TPSA) is 91.1 Å². The number of amidine groups is 1. The Kier molecular flexibility index (Phi) is 5.07. The Bertz CT molecular complexity index is 651. The van der Waals surface area contributed by atoms with Crippen LogP contribution in [0.5, 0.6) is 0 Å². The number of benzene rings is 1. The zero-order valence-electron chi connectivity index (χ0n) is 10.4. The zero-order valence-corrected chi connectivity index (χ0v) is 12.8. The van der Waals surface area contributed by atoms with Gasteiger partial charge >= 0.3 is 5.97 Å². The quantitative estimate of drug-likeness (QED) is 0.623. The minimum atomic E-state index is -1.06. The fraction of sp³-hybridized carbons (Fsp3) is 0.167. The molecule has 1 aromatic rings. The van der Waals surface area contributed by atoms with Crippen LogP contribution in [0.3, 0.4) is 0 Å². The van der Waals surface area contributed by atoms with Crippen LogP contribution in [-0.2, 0) is 9.59 Å². The van der Waals surface area contributed by atoms with Crippen molar-refractivity contribution in [2.24, 2.45) is 10.2 Å². The molecule has 1 atom stereocenters. The third kappa shape index (κ3) is 4.36. The summed E-state index contributed by atoms with van der Waals surface area (Å²) in [6.45, 7) is 0. The van der Waals surface area contributed by atoms with Crippen molar-refractivity contribution >= 4 is 51.0 Å². The number of carboxylic acid groups (broad SMARTS) is 1. The molecule has 2 rings (SSSR count). The van der Waals surface area contributed by atoms with Gasteiger partial charge in [-0.25, -0.2) is 4.39 Å². The number of carbonyl (C=O) groups excluding carboxylic acids is 1. The first-order valence-corrected chi connectivity index (χ1v) is 7.38. The van der Waals surface area contributed by atoms with Gasteiger partial charge in [-0.2, -0.15) is 5.10 Å². The molecule has 0 saturated carbocycles. The van der Waals surface area contributed by atoms with Crippen LogP contribution in [0.25, 0.3) is 0 Å². The van der Waals surface area contributed by atoms with Crippen molar-refractivity contribution in [2.75, 3.05) is 0 Å². The lowest BCUT2D eigenvalue weighted by Crippen LogP contribution is -2.26. The Morgan fingerprint density at radius 1 is 1.57 bits per heavy atom. The summed E-state index contributed by atoms with van der Waals surface area (Å²) < 4.78 is 13.6.